The van der Waals surface area contributed by atoms with Crippen LogP contribution < -0.4 is 11.1 Å². The molecule has 1 saturated carbocycles. The van der Waals surface area contributed by atoms with E-state index in [0.29, 0.717) is 18.3 Å². The van der Waals surface area contributed by atoms with E-state index < -0.39 is 0 Å². The summed E-state index contributed by atoms with van der Waals surface area (Å²) in [5.74, 6) is 2.58. The molecule has 1 saturated heterocycles. The average Bonchev–Trinajstić information content (AvgIpc) is 2.69. The number of aliphatic imine (C=N–C) groups is 1. The molecule has 2 fully saturated rings. The maximum atomic E-state index is 11.2. The van der Waals surface area contributed by atoms with Crippen LogP contribution in [0.5, 0.6) is 0 Å². The Morgan fingerprint density at radius 3 is 2.56 bits per heavy atom. The molecular formula is C22H34N4O. The number of hydrogen-bond acceptors (Lipinski definition) is 2. The molecule has 1 unspecified atom stereocenters. The topological polar surface area (TPSA) is 70.7 Å². The molecule has 0 spiro atoms. The number of primary amides is 1. The van der Waals surface area contributed by atoms with Gasteiger partial charge in [-0.25, -0.2) is 0 Å². The first-order valence-corrected chi connectivity index (χ1v) is 10.4. The summed E-state index contributed by atoms with van der Waals surface area (Å²) >= 11 is 0. The van der Waals surface area contributed by atoms with Crippen LogP contribution in [-0.2, 0) is 4.79 Å². The highest BCUT2D eigenvalue weighted by molar-refractivity contribution is 5.80. The first-order valence-electron chi connectivity index (χ1n) is 10.4. The predicted molar refractivity (Wildman–Crippen MR) is 111 cm³/mol. The fraction of sp³-hybridized carbons (Fsp3) is 0.636. The van der Waals surface area contributed by atoms with Crippen LogP contribution in [0.3, 0.4) is 0 Å². The zero-order chi connectivity index (χ0) is 19.1. The molecule has 0 bridgehead atoms. The fourth-order valence-corrected chi connectivity index (χ4v) is 4.70. The molecule has 148 valence electrons. The third kappa shape index (κ3) is 5.72. The summed E-state index contributed by atoms with van der Waals surface area (Å²) < 4.78 is 0. The van der Waals surface area contributed by atoms with Gasteiger partial charge in [0, 0.05) is 33.1 Å². The van der Waals surface area contributed by atoms with Crippen LogP contribution in [0.15, 0.2) is 35.3 Å². The quantitative estimate of drug-likeness (QED) is 0.618. The Morgan fingerprint density at radius 2 is 1.89 bits per heavy atom. The third-order valence-electron chi connectivity index (χ3n) is 6.19. The number of likely N-dealkylation sites (tertiary alicyclic amines) is 1. The Hall–Kier alpha value is -2.04. The number of carbonyl (C=O) groups is 1. The van der Waals surface area contributed by atoms with Gasteiger partial charge in [-0.2, -0.15) is 0 Å². The normalized spacial score (nSPS) is 26.6. The molecule has 5 heteroatoms. The number of nitrogens with one attached hydrogen (secondary N) is 1. The number of carbonyl (C=O) groups excluding carboxylic acids is 1. The van der Waals surface area contributed by atoms with Gasteiger partial charge in [0.1, 0.15) is 0 Å². The van der Waals surface area contributed by atoms with Crippen molar-refractivity contribution in [1.29, 1.82) is 0 Å². The van der Waals surface area contributed by atoms with Crippen LogP contribution in [-0.4, -0.2) is 43.4 Å². The minimum absolute atomic E-state index is 0.194. The summed E-state index contributed by atoms with van der Waals surface area (Å²) in [5.41, 5.74) is 6.88. The molecule has 27 heavy (non-hydrogen) atoms. The molecule has 0 radical (unpaired) electrons. The second kappa shape index (κ2) is 9.77. The van der Waals surface area contributed by atoms with Crippen LogP contribution in [0.25, 0.3) is 0 Å². The van der Waals surface area contributed by atoms with Gasteiger partial charge in [-0.1, -0.05) is 30.3 Å². The van der Waals surface area contributed by atoms with Crippen LogP contribution in [0.1, 0.15) is 56.4 Å². The van der Waals surface area contributed by atoms with Crippen LogP contribution >= 0.6 is 0 Å². The van der Waals surface area contributed by atoms with Gasteiger partial charge in [0.2, 0.25) is 5.91 Å². The molecule has 3 rings (SSSR count). The minimum Gasteiger partial charge on any atom is -0.370 e. The zero-order valence-corrected chi connectivity index (χ0v) is 16.6. The van der Waals surface area contributed by atoms with Crippen LogP contribution in [0.4, 0.5) is 0 Å². The molecule has 0 aromatic heterocycles. The molecule has 3 N–H and O–H groups in total. The van der Waals surface area contributed by atoms with Crippen molar-refractivity contribution in [3.8, 4) is 0 Å². The van der Waals surface area contributed by atoms with Crippen molar-refractivity contribution in [1.82, 2.24) is 10.2 Å². The van der Waals surface area contributed by atoms with Crippen molar-refractivity contribution >= 4 is 11.9 Å². The molecule has 1 aliphatic heterocycles. The Morgan fingerprint density at radius 1 is 1.15 bits per heavy atom. The van der Waals surface area contributed by atoms with E-state index in [1.165, 1.54) is 31.2 Å². The van der Waals surface area contributed by atoms with E-state index >= 15 is 0 Å². The van der Waals surface area contributed by atoms with E-state index in [1.54, 1.807) is 0 Å². The largest absolute Gasteiger partial charge is 0.370 e. The minimum atomic E-state index is -0.194. The second-order valence-electron chi connectivity index (χ2n) is 8.18. The lowest BCUT2D eigenvalue weighted by Gasteiger charge is -2.36. The van der Waals surface area contributed by atoms with Crippen molar-refractivity contribution in [2.24, 2.45) is 22.6 Å². The van der Waals surface area contributed by atoms with Gasteiger partial charge < -0.3 is 16.0 Å². The van der Waals surface area contributed by atoms with E-state index in [1.807, 2.05) is 7.05 Å². The lowest BCUT2D eigenvalue weighted by molar-refractivity contribution is -0.119. The Bertz CT molecular complexity index is 622. The summed E-state index contributed by atoms with van der Waals surface area (Å²) in [6.45, 7) is 2.88. The standard InChI is InChI=1S/C22H34N4O/c1-24-22(26-13-5-6-18(16-26)14-21(23)27)25-15-17-9-11-20(12-10-17)19-7-3-2-4-8-19/h2-4,7-8,17-18,20H,5-6,9-16H2,1H3,(H2,23,27)(H,24,25). The van der Waals surface area contributed by atoms with Gasteiger partial charge in [0.15, 0.2) is 5.96 Å². The number of amides is 1. The second-order valence-corrected chi connectivity index (χ2v) is 8.18. The highest BCUT2D eigenvalue weighted by Gasteiger charge is 2.25. The molecule has 1 heterocycles. The summed E-state index contributed by atoms with van der Waals surface area (Å²) in [5, 5.41) is 3.60. The summed E-state index contributed by atoms with van der Waals surface area (Å²) in [6, 6.07) is 10.9. The molecule has 5 nitrogen and oxygen atoms in total. The summed E-state index contributed by atoms with van der Waals surface area (Å²) in [7, 11) is 1.85. The molecule has 1 amide bonds. The van der Waals surface area contributed by atoms with Gasteiger partial charge >= 0.3 is 0 Å². The van der Waals surface area contributed by atoms with Gasteiger partial charge in [0.25, 0.3) is 0 Å². The van der Waals surface area contributed by atoms with Crippen LogP contribution in [0.2, 0.25) is 0 Å². The van der Waals surface area contributed by atoms with Gasteiger partial charge in [0.05, 0.1) is 0 Å². The first-order chi connectivity index (χ1) is 13.2. The molecular weight excluding hydrogens is 336 g/mol. The van der Waals surface area contributed by atoms with E-state index in [-0.39, 0.29) is 5.91 Å². The maximum Gasteiger partial charge on any atom is 0.217 e. The van der Waals surface area contributed by atoms with Crippen molar-refractivity contribution in [3.05, 3.63) is 35.9 Å². The SMILES string of the molecule is CN=C(NCC1CCC(c2ccccc2)CC1)N1CCCC(CC(N)=O)C1. The summed E-state index contributed by atoms with van der Waals surface area (Å²) in [6.07, 6.45) is 7.76. The third-order valence-corrected chi connectivity index (χ3v) is 6.19. The first kappa shape index (κ1) is 19.7. The smallest absolute Gasteiger partial charge is 0.217 e. The van der Waals surface area contributed by atoms with E-state index in [4.69, 9.17) is 5.73 Å². The van der Waals surface area contributed by atoms with Gasteiger partial charge in [-0.3, -0.25) is 9.79 Å². The van der Waals surface area contributed by atoms with Crippen molar-refractivity contribution in [2.75, 3.05) is 26.7 Å². The summed E-state index contributed by atoms with van der Waals surface area (Å²) in [4.78, 5) is 18.0. The lowest BCUT2D eigenvalue weighted by atomic mass is 9.79. The number of benzene rings is 1. The van der Waals surface area contributed by atoms with Crippen molar-refractivity contribution in [2.45, 2.75) is 50.9 Å². The number of nitrogens with zero attached hydrogens (tertiary/aromatic N) is 2. The number of piperidine rings is 1. The van der Waals surface area contributed by atoms with E-state index in [0.717, 1.165) is 44.4 Å². The Kier molecular flexibility index (Phi) is 7.13. The number of rotatable bonds is 5. The highest BCUT2D eigenvalue weighted by Crippen LogP contribution is 2.35. The fourth-order valence-electron chi connectivity index (χ4n) is 4.70. The van der Waals surface area contributed by atoms with Crippen molar-refractivity contribution < 1.29 is 4.79 Å². The van der Waals surface area contributed by atoms with Crippen LogP contribution in [0, 0.1) is 11.8 Å². The molecule has 1 aromatic carbocycles. The number of guanidine groups is 1. The van der Waals surface area contributed by atoms with E-state index in [2.05, 4.69) is 45.5 Å². The number of nitrogens with two attached hydrogens (primary N) is 1. The monoisotopic (exact) mass is 370 g/mol. The Balaban J connectivity index is 1.44. The average molecular weight is 371 g/mol. The molecule has 1 atom stereocenters. The molecule has 1 aromatic rings. The maximum absolute atomic E-state index is 11.2. The van der Waals surface area contributed by atoms with Crippen molar-refractivity contribution in [3.63, 3.8) is 0 Å². The van der Waals surface area contributed by atoms with Gasteiger partial charge in [-0.05, 0) is 61.8 Å². The van der Waals surface area contributed by atoms with Gasteiger partial charge in [-0.15, -0.1) is 0 Å². The Labute approximate surface area is 163 Å². The highest BCUT2D eigenvalue weighted by atomic mass is 16.1. The lowest BCUT2D eigenvalue weighted by Crippen LogP contribution is -2.48. The molecule has 1 aliphatic carbocycles. The number of hydrogen-bond donors (Lipinski definition) is 2. The predicted octanol–water partition coefficient (Wildman–Crippen LogP) is 3.12. The molecule has 2 aliphatic rings. The zero-order valence-electron chi connectivity index (χ0n) is 16.6. The van der Waals surface area contributed by atoms with E-state index in [9.17, 15) is 4.79 Å².